The van der Waals surface area contributed by atoms with Crippen molar-refractivity contribution in [3.8, 4) is 5.75 Å². The molecule has 1 heterocycles. The van der Waals surface area contributed by atoms with E-state index < -0.39 is 17.9 Å². The molecular weight excluding hydrogens is 364 g/mol. The number of ether oxygens (including phenoxy) is 1. The fourth-order valence-electron chi connectivity index (χ4n) is 2.33. The summed E-state index contributed by atoms with van der Waals surface area (Å²) < 4.78 is 5.12. The lowest BCUT2D eigenvalue weighted by Crippen LogP contribution is -2.45. The van der Waals surface area contributed by atoms with Gasteiger partial charge in [-0.3, -0.25) is 9.59 Å². The number of rotatable bonds is 8. The van der Waals surface area contributed by atoms with Crippen LogP contribution in [0.25, 0.3) is 0 Å². The van der Waals surface area contributed by atoms with Crippen LogP contribution in [0.2, 0.25) is 0 Å². The molecule has 1 aromatic heterocycles. The molecule has 146 valence electrons. The van der Waals surface area contributed by atoms with Crippen LogP contribution in [0, 0.1) is 5.41 Å². The third-order valence-electron chi connectivity index (χ3n) is 3.91. The predicted molar refractivity (Wildman–Crippen MR) is 108 cm³/mol. The number of nitrogens with one attached hydrogen (secondary N) is 2. The first-order chi connectivity index (χ1) is 12.7. The number of hydrogen-bond acceptors (Lipinski definition) is 6. The molecule has 8 heteroatoms. The molecule has 0 bridgehead atoms. The summed E-state index contributed by atoms with van der Waals surface area (Å²) in [4.78, 5) is 28.3. The lowest BCUT2D eigenvalue weighted by Gasteiger charge is -2.21. The maximum atomic E-state index is 12.4. The smallest absolute Gasteiger partial charge is 0.271 e. The standard InChI is InChI=1S/C19H26N4O3S/c1-19(2,3)10-9-14(16(20)24)22-17(25)15-11-27-18(23-15)21-12-5-7-13(26-4)8-6-12/h5-8,11,14H,9-10H2,1-4H3,(H2,20,24)(H,21,23)(H,22,25)/t14-/m1/s1. The first-order valence-corrected chi connectivity index (χ1v) is 9.53. The van der Waals surface area contributed by atoms with E-state index in [0.717, 1.165) is 17.9 Å². The molecule has 0 fully saturated rings. The molecule has 0 unspecified atom stereocenters. The Kier molecular flexibility index (Phi) is 6.79. The number of carbonyl (C=O) groups excluding carboxylic acids is 2. The normalized spacial score (nSPS) is 12.3. The highest BCUT2D eigenvalue weighted by Gasteiger charge is 2.23. The zero-order valence-corrected chi connectivity index (χ0v) is 16.9. The van der Waals surface area contributed by atoms with Crippen molar-refractivity contribution in [2.45, 2.75) is 39.7 Å². The number of thiazole rings is 1. The van der Waals surface area contributed by atoms with E-state index in [2.05, 4.69) is 36.4 Å². The lowest BCUT2D eigenvalue weighted by molar-refractivity contribution is -0.120. The minimum Gasteiger partial charge on any atom is -0.497 e. The number of amides is 2. The third-order valence-corrected chi connectivity index (χ3v) is 4.67. The van der Waals surface area contributed by atoms with Crippen LogP contribution in [0.15, 0.2) is 29.6 Å². The maximum absolute atomic E-state index is 12.4. The molecule has 0 aliphatic carbocycles. The number of carbonyl (C=O) groups is 2. The summed E-state index contributed by atoms with van der Waals surface area (Å²) in [7, 11) is 1.61. The number of primary amides is 1. The molecule has 2 amide bonds. The second kappa shape index (κ2) is 8.85. The Morgan fingerprint density at radius 3 is 2.48 bits per heavy atom. The monoisotopic (exact) mass is 390 g/mol. The van der Waals surface area contributed by atoms with Gasteiger partial charge >= 0.3 is 0 Å². The average molecular weight is 391 g/mol. The molecule has 2 rings (SSSR count). The molecule has 0 saturated carbocycles. The highest BCUT2D eigenvalue weighted by molar-refractivity contribution is 7.14. The number of nitrogens with zero attached hydrogens (tertiary/aromatic N) is 1. The van der Waals surface area contributed by atoms with Crippen LogP contribution in [0.3, 0.4) is 0 Å². The molecule has 0 saturated heterocycles. The summed E-state index contributed by atoms with van der Waals surface area (Å²) in [6.07, 6.45) is 1.26. The first kappa shape index (κ1) is 20.7. The van der Waals surface area contributed by atoms with Crippen LogP contribution in [-0.4, -0.2) is 29.9 Å². The van der Waals surface area contributed by atoms with Gasteiger partial charge in [-0.05, 0) is 42.5 Å². The molecule has 4 N–H and O–H groups in total. The maximum Gasteiger partial charge on any atom is 0.271 e. The fraction of sp³-hybridized carbons (Fsp3) is 0.421. The van der Waals surface area contributed by atoms with Crippen LogP contribution in [0.5, 0.6) is 5.75 Å². The van der Waals surface area contributed by atoms with Gasteiger partial charge in [0.15, 0.2) is 5.13 Å². The zero-order valence-electron chi connectivity index (χ0n) is 16.0. The summed E-state index contributed by atoms with van der Waals surface area (Å²) in [5.41, 5.74) is 6.56. The predicted octanol–water partition coefficient (Wildman–Crippen LogP) is 3.31. The van der Waals surface area contributed by atoms with E-state index in [1.54, 1.807) is 12.5 Å². The molecular formula is C19H26N4O3S. The van der Waals surface area contributed by atoms with Crippen molar-refractivity contribution in [1.29, 1.82) is 0 Å². The van der Waals surface area contributed by atoms with Crippen molar-refractivity contribution in [2.75, 3.05) is 12.4 Å². The van der Waals surface area contributed by atoms with Gasteiger partial charge in [-0.15, -0.1) is 11.3 Å². The molecule has 0 radical (unpaired) electrons. The van der Waals surface area contributed by atoms with Crippen molar-refractivity contribution in [3.63, 3.8) is 0 Å². The number of nitrogens with two attached hydrogens (primary N) is 1. The summed E-state index contributed by atoms with van der Waals surface area (Å²) in [6, 6.07) is 6.66. The number of anilines is 2. The van der Waals surface area contributed by atoms with Crippen LogP contribution < -0.4 is 21.1 Å². The minimum absolute atomic E-state index is 0.0501. The fourth-order valence-corrected chi connectivity index (χ4v) is 3.04. The van der Waals surface area contributed by atoms with Gasteiger partial charge in [-0.2, -0.15) is 0 Å². The largest absolute Gasteiger partial charge is 0.497 e. The molecule has 2 aromatic rings. The van der Waals surface area contributed by atoms with E-state index in [1.165, 1.54) is 11.3 Å². The Bertz CT molecular complexity index is 781. The van der Waals surface area contributed by atoms with Crippen LogP contribution in [0.1, 0.15) is 44.1 Å². The zero-order chi connectivity index (χ0) is 20.0. The van der Waals surface area contributed by atoms with Gasteiger partial charge in [-0.25, -0.2) is 4.98 Å². The Morgan fingerprint density at radius 1 is 1.26 bits per heavy atom. The lowest BCUT2D eigenvalue weighted by atomic mass is 9.88. The van der Waals surface area contributed by atoms with Crippen molar-refractivity contribution < 1.29 is 14.3 Å². The summed E-state index contributed by atoms with van der Waals surface area (Å²) >= 11 is 1.31. The highest BCUT2D eigenvalue weighted by Crippen LogP contribution is 2.24. The topological polar surface area (TPSA) is 106 Å². The Labute approximate surface area is 163 Å². The first-order valence-electron chi connectivity index (χ1n) is 8.65. The Hall–Kier alpha value is -2.61. The summed E-state index contributed by atoms with van der Waals surface area (Å²) in [5, 5.41) is 8.04. The van der Waals surface area contributed by atoms with E-state index in [4.69, 9.17) is 10.5 Å². The quantitative estimate of drug-likeness (QED) is 0.641. The molecule has 0 spiro atoms. The van der Waals surface area contributed by atoms with Crippen LogP contribution in [-0.2, 0) is 4.79 Å². The minimum atomic E-state index is -0.712. The number of hydrogen-bond donors (Lipinski definition) is 3. The van der Waals surface area contributed by atoms with Crippen LogP contribution >= 0.6 is 11.3 Å². The second-order valence-electron chi connectivity index (χ2n) is 7.42. The average Bonchev–Trinajstić information content (AvgIpc) is 3.06. The van der Waals surface area contributed by atoms with Gasteiger partial charge < -0.3 is 21.1 Å². The Balaban J connectivity index is 1.98. The molecule has 0 aliphatic heterocycles. The molecule has 7 nitrogen and oxygen atoms in total. The van der Waals surface area contributed by atoms with E-state index in [-0.39, 0.29) is 11.1 Å². The van der Waals surface area contributed by atoms with E-state index >= 15 is 0 Å². The molecule has 1 atom stereocenters. The van der Waals surface area contributed by atoms with Gasteiger partial charge in [0.05, 0.1) is 7.11 Å². The highest BCUT2D eigenvalue weighted by atomic mass is 32.1. The summed E-state index contributed by atoms with van der Waals surface area (Å²) in [5.74, 6) is -0.196. The van der Waals surface area contributed by atoms with E-state index in [1.807, 2.05) is 24.3 Å². The van der Waals surface area contributed by atoms with E-state index in [0.29, 0.717) is 11.6 Å². The van der Waals surface area contributed by atoms with Crippen molar-refractivity contribution in [3.05, 3.63) is 35.3 Å². The molecule has 0 aliphatic rings. The van der Waals surface area contributed by atoms with Gasteiger partial charge in [0.1, 0.15) is 17.5 Å². The summed E-state index contributed by atoms with van der Waals surface area (Å²) in [6.45, 7) is 6.22. The van der Waals surface area contributed by atoms with Crippen molar-refractivity contribution in [1.82, 2.24) is 10.3 Å². The van der Waals surface area contributed by atoms with Gasteiger partial charge in [0.2, 0.25) is 5.91 Å². The third kappa shape index (κ3) is 6.56. The molecule has 1 aromatic carbocycles. The SMILES string of the molecule is COc1ccc(Nc2nc(C(=O)N[C@H](CCC(C)(C)C)C(N)=O)cs2)cc1. The van der Waals surface area contributed by atoms with Crippen molar-refractivity contribution >= 4 is 34.0 Å². The number of methoxy groups -OCH3 is 1. The van der Waals surface area contributed by atoms with Crippen molar-refractivity contribution in [2.24, 2.45) is 11.1 Å². The number of benzene rings is 1. The Morgan fingerprint density at radius 2 is 1.93 bits per heavy atom. The van der Waals surface area contributed by atoms with Gasteiger partial charge in [0.25, 0.3) is 5.91 Å². The van der Waals surface area contributed by atoms with Gasteiger partial charge in [-0.1, -0.05) is 20.8 Å². The van der Waals surface area contributed by atoms with Gasteiger partial charge in [0, 0.05) is 11.1 Å². The second-order valence-corrected chi connectivity index (χ2v) is 8.28. The van der Waals surface area contributed by atoms with Crippen LogP contribution in [0.4, 0.5) is 10.8 Å². The van der Waals surface area contributed by atoms with E-state index in [9.17, 15) is 9.59 Å². The molecule has 27 heavy (non-hydrogen) atoms. The number of aromatic nitrogens is 1.